The van der Waals surface area contributed by atoms with Gasteiger partial charge in [0.15, 0.2) is 0 Å². The van der Waals surface area contributed by atoms with E-state index in [1.165, 1.54) is 25.2 Å². The van der Waals surface area contributed by atoms with Crippen LogP contribution in [-0.4, -0.2) is 23.7 Å². The van der Waals surface area contributed by atoms with Gasteiger partial charge in [0.1, 0.15) is 11.5 Å². The van der Waals surface area contributed by atoms with Crippen LogP contribution in [-0.2, 0) is 9.53 Å². The molecule has 5 nitrogen and oxygen atoms in total. The van der Waals surface area contributed by atoms with Crippen LogP contribution >= 0.6 is 11.3 Å². The maximum Gasteiger partial charge on any atom is 0.348 e. The quantitative estimate of drug-likeness (QED) is 0.668. The highest BCUT2D eigenvalue weighted by Gasteiger charge is 2.29. The summed E-state index contributed by atoms with van der Waals surface area (Å²) in [4.78, 5) is 23.3. The zero-order valence-corrected chi connectivity index (χ0v) is 12.0. The highest BCUT2D eigenvalue weighted by molar-refractivity contribution is 7.20. The van der Waals surface area contributed by atoms with Crippen molar-refractivity contribution in [3.8, 4) is 0 Å². The Balaban J connectivity index is 2.14. The molecule has 0 bridgehead atoms. The smallest absolute Gasteiger partial charge is 0.348 e. The van der Waals surface area contributed by atoms with Gasteiger partial charge in [-0.3, -0.25) is 4.79 Å². The molecule has 2 aromatic rings. The summed E-state index contributed by atoms with van der Waals surface area (Å²) in [5.41, 5.74) is 5.21. The maximum atomic E-state index is 11.9. The van der Waals surface area contributed by atoms with E-state index in [1.807, 2.05) is 6.07 Å². The van der Waals surface area contributed by atoms with Crippen LogP contribution in [0.2, 0.25) is 0 Å². The van der Waals surface area contributed by atoms with E-state index >= 15 is 0 Å². The number of carbonyl (C=O) groups excluding carboxylic acids is 1. The summed E-state index contributed by atoms with van der Waals surface area (Å²) in [6, 6.07) is 7.09. The van der Waals surface area contributed by atoms with Crippen molar-refractivity contribution in [1.82, 2.24) is 0 Å². The maximum absolute atomic E-state index is 11.9. The Hall–Kier alpha value is -2.08. The van der Waals surface area contributed by atoms with Gasteiger partial charge in [-0.15, -0.1) is 11.3 Å². The van der Waals surface area contributed by atoms with Crippen molar-refractivity contribution in [3.05, 3.63) is 29.1 Å². The van der Waals surface area contributed by atoms with E-state index in [9.17, 15) is 9.59 Å². The number of carboxylic acids is 1. The standard InChI is InChI=1S/C14H15NO4S/c1-14(2,13(17)18)7-19-12(16)11-6-8-5-9(15)3-4-10(8)20-11/h3-6H,7,15H2,1-2H3,(H,17,18). The zero-order chi connectivity index (χ0) is 14.9. The Labute approximate surface area is 120 Å². The minimum absolute atomic E-state index is 0.169. The van der Waals surface area contributed by atoms with Gasteiger partial charge in [-0.2, -0.15) is 0 Å². The molecule has 0 spiro atoms. The predicted molar refractivity (Wildman–Crippen MR) is 77.9 cm³/mol. The fourth-order valence-electron chi connectivity index (χ4n) is 1.54. The second kappa shape index (κ2) is 5.13. The summed E-state index contributed by atoms with van der Waals surface area (Å²) in [6.07, 6.45) is 0. The number of anilines is 1. The number of carboxylic acid groups (broad SMARTS) is 1. The molecule has 1 aromatic carbocycles. The number of carbonyl (C=O) groups is 2. The molecule has 0 atom stereocenters. The van der Waals surface area contributed by atoms with Crippen molar-refractivity contribution in [1.29, 1.82) is 0 Å². The summed E-state index contributed by atoms with van der Waals surface area (Å²) in [5.74, 6) is -1.52. The fraction of sp³-hybridized carbons (Fsp3) is 0.286. The normalized spacial score (nSPS) is 11.5. The van der Waals surface area contributed by atoms with Gasteiger partial charge >= 0.3 is 11.9 Å². The molecule has 0 fully saturated rings. The van der Waals surface area contributed by atoms with Gasteiger partial charge in [-0.05, 0) is 43.5 Å². The Bertz CT molecular complexity index is 675. The van der Waals surface area contributed by atoms with Gasteiger partial charge in [0.25, 0.3) is 0 Å². The van der Waals surface area contributed by atoms with E-state index < -0.39 is 17.4 Å². The largest absolute Gasteiger partial charge is 0.481 e. The highest BCUT2D eigenvalue weighted by atomic mass is 32.1. The zero-order valence-electron chi connectivity index (χ0n) is 11.2. The first-order valence-electron chi connectivity index (χ1n) is 5.99. The molecule has 1 aromatic heterocycles. The number of nitrogen functional groups attached to an aromatic ring is 1. The Morgan fingerprint density at radius 2 is 2.05 bits per heavy atom. The molecule has 2 rings (SSSR count). The van der Waals surface area contributed by atoms with Crippen LogP contribution in [0.1, 0.15) is 23.5 Å². The van der Waals surface area contributed by atoms with Crippen LogP contribution in [0.3, 0.4) is 0 Å². The number of nitrogens with two attached hydrogens (primary N) is 1. The summed E-state index contributed by atoms with van der Waals surface area (Å²) >= 11 is 1.30. The van der Waals surface area contributed by atoms with E-state index in [0.717, 1.165) is 10.1 Å². The number of esters is 1. The average molecular weight is 293 g/mol. The second-order valence-corrected chi connectivity index (χ2v) is 6.26. The molecular weight excluding hydrogens is 278 g/mol. The lowest BCUT2D eigenvalue weighted by Crippen LogP contribution is -2.30. The molecule has 0 aliphatic rings. The molecule has 0 aliphatic heterocycles. The lowest BCUT2D eigenvalue weighted by atomic mass is 9.95. The molecule has 0 radical (unpaired) electrons. The Kier molecular flexibility index (Phi) is 3.67. The number of hydrogen-bond donors (Lipinski definition) is 2. The van der Waals surface area contributed by atoms with Crippen LogP contribution in [0.5, 0.6) is 0 Å². The molecule has 0 saturated heterocycles. The van der Waals surface area contributed by atoms with E-state index in [1.54, 1.807) is 18.2 Å². The van der Waals surface area contributed by atoms with Crippen molar-refractivity contribution >= 4 is 39.0 Å². The van der Waals surface area contributed by atoms with Gasteiger partial charge in [0.05, 0.1) is 5.41 Å². The third-order valence-corrected chi connectivity index (χ3v) is 3.98. The summed E-state index contributed by atoms with van der Waals surface area (Å²) in [6.45, 7) is 2.85. The molecule has 106 valence electrons. The summed E-state index contributed by atoms with van der Waals surface area (Å²) in [5, 5.41) is 9.84. The molecule has 1 heterocycles. The van der Waals surface area contributed by atoms with Gasteiger partial charge < -0.3 is 15.6 Å². The summed E-state index contributed by atoms with van der Waals surface area (Å²) in [7, 11) is 0. The van der Waals surface area contributed by atoms with Crippen molar-refractivity contribution in [2.24, 2.45) is 5.41 Å². The number of rotatable bonds is 4. The predicted octanol–water partition coefficient (Wildman–Crippen LogP) is 2.75. The van der Waals surface area contributed by atoms with Crippen LogP contribution in [0.15, 0.2) is 24.3 Å². The molecule has 6 heteroatoms. The third-order valence-electron chi connectivity index (χ3n) is 2.88. The number of fused-ring (bicyclic) bond motifs is 1. The minimum Gasteiger partial charge on any atom is -0.481 e. The van der Waals surface area contributed by atoms with Crippen LogP contribution in [0.4, 0.5) is 5.69 Å². The van der Waals surface area contributed by atoms with E-state index in [0.29, 0.717) is 10.6 Å². The van der Waals surface area contributed by atoms with Crippen molar-refractivity contribution in [3.63, 3.8) is 0 Å². The highest BCUT2D eigenvalue weighted by Crippen LogP contribution is 2.28. The molecule has 0 saturated carbocycles. The van der Waals surface area contributed by atoms with E-state index in [2.05, 4.69) is 0 Å². The van der Waals surface area contributed by atoms with E-state index in [4.69, 9.17) is 15.6 Å². The molecule has 20 heavy (non-hydrogen) atoms. The van der Waals surface area contributed by atoms with Crippen LogP contribution < -0.4 is 5.73 Å². The second-order valence-electron chi connectivity index (χ2n) is 5.17. The first-order valence-corrected chi connectivity index (χ1v) is 6.81. The number of aliphatic carboxylic acids is 1. The number of benzene rings is 1. The first-order chi connectivity index (χ1) is 9.29. The van der Waals surface area contributed by atoms with Crippen LogP contribution in [0, 0.1) is 5.41 Å². The van der Waals surface area contributed by atoms with Gasteiger partial charge in [0, 0.05) is 10.4 Å². The van der Waals surface area contributed by atoms with Crippen molar-refractivity contribution in [2.45, 2.75) is 13.8 Å². The van der Waals surface area contributed by atoms with Gasteiger partial charge in [-0.1, -0.05) is 0 Å². The SMILES string of the molecule is CC(C)(COC(=O)c1cc2cc(N)ccc2s1)C(=O)O. The van der Waals surface area contributed by atoms with Crippen molar-refractivity contribution < 1.29 is 19.4 Å². The van der Waals surface area contributed by atoms with Crippen LogP contribution in [0.25, 0.3) is 10.1 Å². The fourth-order valence-corrected chi connectivity index (χ4v) is 2.48. The minimum atomic E-state index is -1.10. The van der Waals surface area contributed by atoms with E-state index in [-0.39, 0.29) is 6.61 Å². The third kappa shape index (κ3) is 2.91. The van der Waals surface area contributed by atoms with Gasteiger partial charge in [-0.25, -0.2) is 4.79 Å². The molecule has 0 amide bonds. The molecular formula is C14H15NO4S. The number of hydrogen-bond acceptors (Lipinski definition) is 5. The molecule has 0 aliphatic carbocycles. The number of ether oxygens (including phenoxy) is 1. The Morgan fingerprint density at radius 1 is 1.35 bits per heavy atom. The van der Waals surface area contributed by atoms with Crippen molar-refractivity contribution in [2.75, 3.05) is 12.3 Å². The summed E-state index contributed by atoms with van der Waals surface area (Å²) < 4.78 is 6.01. The lowest BCUT2D eigenvalue weighted by Gasteiger charge is -2.18. The lowest BCUT2D eigenvalue weighted by molar-refractivity contribution is -0.149. The molecule has 0 unspecified atom stereocenters. The monoisotopic (exact) mass is 293 g/mol. The average Bonchev–Trinajstić information content (AvgIpc) is 2.78. The first kappa shape index (κ1) is 14.3. The van der Waals surface area contributed by atoms with Gasteiger partial charge in [0.2, 0.25) is 0 Å². The molecule has 3 N–H and O–H groups in total. The number of thiophene rings is 1. The topological polar surface area (TPSA) is 89.6 Å². The Morgan fingerprint density at radius 3 is 2.70 bits per heavy atom.